The van der Waals surface area contributed by atoms with Crippen molar-refractivity contribution in [3.8, 4) is 0 Å². The first-order valence-electron chi connectivity index (χ1n) is 6.38. The lowest BCUT2D eigenvalue weighted by molar-refractivity contribution is 0.0696. The van der Waals surface area contributed by atoms with Gasteiger partial charge in [0, 0.05) is 23.5 Å². The van der Waals surface area contributed by atoms with Gasteiger partial charge in [-0.25, -0.2) is 9.78 Å². The molecule has 21 heavy (non-hydrogen) atoms. The molecule has 2 aromatic heterocycles. The van der Waals surface area contributed by atoms with Crippen LogP contribution in [0.25, 0.3) is 10.9 Å². The van der Waals surface area contributed by atoms with Crippen LogP contribution in [0, 0.1) is 0 Å². The largest absolute Gasteiger partial charge is 0.478 e. The van der Waals surface area contributed by atoms with Crippen LogP contribution in [-0.4, -0.2) is 21.0 Å². The minimum Gasteiger partial charge on any atom is -0.478 e. The number of pyridine rings is 2. The number of hydrogen-bond acceptors (Lipinski definition) is 4. The molecule has 3 aromatic rings. The molecular formula is C16H12N2O2S. The molecule has 0 saturated carbocycles. The first-order chi connectivity index (χ1) is 10.2. The Morgan fingerprint density at radius 1 is 1.10 bits per heavy atom. The van der Waals surface area contributed by atoms with Crippen molar-refractivity contribution in [2.75, 3.05) is 0 Å². The molecule has 4 nitrogen and oxygen atoms in total. The summed E-state index contributed by atoms with van der Waals surface area (Å²) in [5.41, 5.74) is 2.38. The molecule has 0 aliphatic heterocycles. The average molecular weight is 296 g/mol. The van der Waals surface area contributed by atoms with E-state index in [0.29, 0.717) is 5.03 Å². The zero-order valence-electron chi connectivity index (χ0n) is 11.1. The number of aromatic nitrogens is 2. The second kappa shape index (κ2) is 5.93. The van der Waals surface area contributed by atoms with Gasteiger partial charge in [0.15, 0.2) is 0 Å². The SMILES string of the molecule is O=C(O)c1ccnc(SCc2ccc3ncccc3c2)c1. The van der Waals surface area contributed by atoms with Crippen LogP contribution in [-0.2, 0) is 5.75 Å². The summed E-state index contributed by atoms with van der Waals surface area (Å²) in [5.74, 6) is -0.197. The maximum Gasteiger partial charge on any atom is 0.335 e. The minimum absolute atomic E-state index is 0.259. The lowest BCUT2D eigenvalue weighted by atomic mass is 10.1. The number of carboxylic acid groups (broad SMARTS) is 1. The molecular weight excluding hydrogens is 284 g/mol. The molecule has 0 saturated heterocycles. The van der Waals surface area contributed by atoms with Gasteiger partial charge in [0.2, 0.25) is 0 Å². The molecule has 1 aromatic carbocycles. The number of hydrogen-bond donors (Lipinski definition) is 1. The Balaban J connectivity index is 1.77. The predicted molar refractivity (Wildman–Crippen MR) is 82.5 cm³/mol. The summed E-state index contributed by atoms with van der Waals surface area (Å²) in [6.45, 7) is 0. The van der Waals surface area contributed by atoms with E-state index in [0.717, 1.165) is 22.2 Å². The van der Waals surface area contributed by atoms with Gasteiger partial charge in [-0.05, 0) is 35.9 Å². The quantitative estimate of drug-likeness (QED) is 0.745. The lowest BCUT2D eigenvalue weighted by Crippen LogP contribution is -1.96. The number of thioether (sulfide) groups is 1. The van der Waals surface area contributed by atoms with Gasteiger partial charge in [-0.15, -0.1) is 11.8 Å². The van der Waals surface area contributed by atoms with Crippen LogP contribution >= 0.6 is 11.8 Å². The molecule has 0 amide bonds. The third kappa shape index (κ3) is 3.20. The molecule has 5 heteroatoms. The second-order valence-corrected chi connectivity index (χ2v) is 5.50. The molecule has 0 bridgehead atoms. The number of benzene rings is 1. The van der Waals surface area contributed by atoms with Gasteiger partial charge < -0.3 is 5.11 Å². The highest BCUT2D eigenvalue weighted by Gasteiger charge is 2.05. The van der Waals surface area contributed by atoms with Crippen LogP contribution in [0.3, 0.4) is 0 Å². The first kappa shape index (κ1) is 13.6. The summed E-state index contributed by atoms with van der Waals surface area (Å²) in [6, 6.07) is 13.1. The highest BCUT2D eigenvalue weighted by Crippen LogP contribution is 2.23. The van der Waals surface area contributed by atoms with Crippen molar-refractivity contribution in [2.45, 2.75) is 10.8 Å². The van der Waals surface area contributed by atoms with Crippen molar-refractivity contribution in [2.24, 2.45) is 0 Å². The fourth-order valence-electron chi connectivity index (χ4n) is 1.99. The monoisotopic (exact) mass is 296 g/mol. The van der Waals surface area contributed by atoms with Crippen molar-refractivity contribution in [1.29, 1.82) is 0 Å². The van der Waals surface area contributed by atoms with Crippen molar-refractivity contribution in [3.05, 3.63) is 66.0 Å². The van der Waals surface area contributed by atoms with E-state index in [-0.39, 0.29) is 5.56 Å². The number of carbonyl (C=O) groups is 1. The topological polar surface area (TPSA) is 63.1 Å². The van der Waals surface area contributed by atoms with Gasteiger partial charge in [0.1, 0.15) is 0 Å². The Hall–Kier alpha value is -2.40. The molecule has 0 aliphatic rings. The highest BCUT2D eigenvalue weighted by molar-refractivity contribution is 7.98. The highest BCUT2D eigenvalue weighted by atomic mass is 32.2. The maximum absolute atomic E-state index is 10.9. The third-order valence-corrected chi connectivity index (χ3v) is 4.03. The summed E-state index contributed by atoms with van der Waals surface area (Å²) >= 11 is 1.52. The van der Waals surface area contributed by atoms with E-state index in [2.05, 4.69) is 16.0 Å². The van der Waals surface area contributed by atoms with Crippen LogP contribution in [0.2, 0.25) is 0 Å². The molecule has 0 radical (unpaired) electrons. The summed E-state index contributed by atoms with van der Waals surface area (Å²) in [6.07, 6.45) is 3.30. The molecule has 0 fully saturated rings. The summed E-state index contributed by atoms with van der Waals surface area (Å²) in [7, 11) is 0. The Labute approximate surface area is 125 Å². The summed E-state index contributed by atoms with van der Waals surface area (Å²) in [4.78, 5) is 19.4. The number of aromatic carboxylic acids is 1. The molecule has 0 atom stereocenters. The van der Waals surface area contributed by atoms with E-state index in [1.54, 1.807) is 12.3 Å². The lowest BCUT2D eigenvalue weighted by Gasteiger charge is -2.04. The molecule has 0 aliphatic carbocycles. The van der Waals surface area contributed by atoms with Crippen molar-refractivity contribution < 1.29 is 9.90 Å². The fraction of sp³-hybridized carbons (Fsp3) is 0.0625. The van der Waals surface area contributed by atoms with Gasteiger partial charge in [-0.3, -0.25) is 4.98 Å². The van der Waals surface area contributed by atoms with Crippen molar-refractivity contribution in [3.63, 3.8) is 0 Å². The number of nitrogens with zero attached hydrogens (tertiary/aromatic N) is 2. The Bertz CT molecular complexity index is 805. The first-order valence-corrected chi connectivity index (χ1v) is 7.37. The molecule has 104 valence electrons. The van der Waals surface area contributed by atoms with Crippen molar-refractivity contribution >= 4 is 28.6 Å². The standard InChI is InChI=1S/C16H12N2O2S/c19-16(20)13-5-7-18-15(9-13)21-10-11-3-4-14-12(8-11)2-1-6-17-14/h1-9H,10H2,(H,19,20). The van der Waals surface area contributed by atoms with Gasteiger partial charge in [0.05, 0.1) is 16.1 Å². The third-order valence-electron chi connectivity index (χ3n) is 3.04. The normalized spacial score (nSPS) is 10.7. The zero-order valence-corrected chi connectivity index (χ0v) is 11.9. The Morgan fingerprint density at radius 3 is 2.86 bits per heavy atom. The minimum atomic E-state index is -0.934. The molecule has 1 N–H and O–H groups in total. The van der Waals surface area contributed by atoms with Crippen LogP contribution in [0.4, 0.5) is 0 Å². The van der Waals surface area contributed by atoms with E-state index >= 15 is 0 Å². The molecule has 0 unspecified atom stereocenters. The molecule has 3 rings (SSSR count). The van der Waals surface area contributed by atoms with E-state index in [4.69, 9.17) is 5.11 Å². The maximum atomic E-state index is 10.9. The Kier molecular flexibility index (Phi) is 3.83. The summed E-state index contributed by atoms with van der Waals surface area (Å²) in [5, 5.41) is 10.8. The van der Waals surface area contributed by atoms with Crippen molar-refractivity contribution in [1.82, 2.24) is 9.97 Å². The van der Waals surface area contributed by atoms with Crippen LogP contribution in [0.5, 0.6) is 0 Å². The summed E-state index contributed by atoms with van der Waals surface area (Å²) < 4.78 is 0. The number of rotatable bonds is 4. The fourth-order valence-corrected chi connectivity index (χ4v) is 2.83. The van der Waals surface area contributed by atoms with Gasteiger partial charge in [-0.2, -0.15) is 0 Å². The van der Waals surface area contributed by atoms with E-state index in [9.17, 15) is 4.79 Å². The smallest absolute Gasteiger partial charge is 0.335 e. The molecule has 2 heterocycles. The second-order valence-electron chi connectivity index (χ2n) is 4.51. The van der Waals surface area contributed by atoms with E-state index in [1.165, 1.54) is 24.0 Å². The van der Waals surface area contributed by atoms with E-state index < -0.39 is 5.97 Å². The number of fused-ring (bicyclic) bond motifs is 1. The van der Waals surface area contributed by atoms with E-state index in [1.807, 2.05) is 24.3 Å². The Morgan fingerprint density at radius 2 is 2.00 bits per heavy atom. The van der Waals surface area contributed by atoms with Crippen LogP contribution < -0.4 is 0 Å². The average Bonchev–Trinajstić information content (AvgIpc) is 2.53. The zero-order chi connectivity index (χ0) is 14.7. The van der Waals surface area contributed by atoms with Crippen LogP contribution in [0.15, 0.2) is 59.9 Å². The predicted octanol–water partition coefficient (Wildman–Crippen LogP) is 3.62. The van der Waals surface area contributed by atoms with Crippen LogP contribution in [0.1, 0.15) is 15.9 Å². The van der Waals surface area contributed by atoms with Gasteiger partial charge in [-0.1, -0.05) is 12.1 Å². The van der Waals surface area contributed by atoms with Gasteiger partial charge >= 0.3 is 5.97 Å². The molecule has 0 spiro atoms. The number of carboxylic acids is 1. The van der Waals surface area contributed by atoms with Gasteiger partial charge in [0.25, 0.3) is 0 Å².